The number of benzene rings is 4. The van der Waals surface area contributed by atoms with E-state index in [2.05, 4.69) is 141 Å². The van der Waals surface area contributed by atoms with Gasteiger partial charge >= 0.3 is 8.60 Å². The van der Waals surface area contributed by atoms with Gasteiger partial charge in [-0.1, -0.05) is 188 Å². The molecule has 0 aliphatic heterocycles. The van der Waals surface area contributed by atoms with Crippen molar-refractivity contribution in [1.82, 2.24) is 0 Å². The number of hydrogen-bond acceptors (Lipinski definition) is 4. The lowest BCUT2D eigenvalue weighted by molar-refractivity contribution is 0.382. The molecule has 0 bridgehead atoms. The van der Waals surface area contributed by atoms with Crippen LogP contribution in [0.25, 0.3) is 0 Å². The Kier molecular flexibility index (Phi) is 19.5. The first-order valence-electron chi connectivity index (χ1n) is 22.8. The van der Waals surface area contributed by atoms with E-state index in [0.29, 0.717) is 5.75 Å². The second-order valence-electron chi connectivity index (χ2n) is 18.7. The molecule has 0 saturated heterocycles. The Balaban J connectivity index is 1.50. The molecule has 4 nitrogen and oxygen atoms in total. The lowest BCUT2D eigenvalue weighted by Crippen LogP contribution is -2.15. The van der Waals surface area contributed by atoms with Crippen LogP contribution in [0.4, 0.5) is 0 Å². The minimum Gasteiger partial charge on any atom is -0.508 e. The Hall–Kier alpha value is -3.49. The van der Waals surface area contributed by atoms with E-state index in [-0.39, 0.29) is 16.7 Å². The van der Waals surface area contributed by atoms with Crippen molar-refractivity contribution in [3.8, 4) is 23.0 Å². The van der Waals surface area contributed by atoms with Crippen molar-refractivity contribution in [1.29, 1.82) is 0 Å². The highest BCUT2D eigenvalue weighted by Crippen LogP contribution is 2.46. The molecule has 318 valence electrons. The zero-order valence-electron chi connectivity index (χ0n) is 37.8. The van der Waals surface area contributed by atoms with Gasteiger partial charge in [0.25, 0.3) is 0 Å². The number of phenolic OH excluding ortho intramolecular Hbond substituents is 1. The average molecular weight is 809 g/mol. The van der Waals surface area contributed by atoms with Crippen LogP contribution >= 0.6 is 8.60 Å². The molecule has 0 heterocycles. The van der Waals surface area contributed by atoms with Crippen LogP contribution in [0.2, 0.25) is 0 Å². The summed E-state index contributed by atoms with van der Waals surface area (Å²) in [7, 11) is -1.82. The highest BCUT2D eigenvalue weighted by molar-refractivity contribution is 7.43. The summed E-state index contributed by atoms with van der Waals surface area (Å²) in [5.74, 6) is 2.90. The fourth-order valence-electron chi connectivity index (χ4n) is 7.62. The van der Waals surface area contributed by atoms with E-state index in [1.165, 1.54) is 112 Å². The molecule has 4 aromatic carbocycles. The second kappa shape index (κ2) is 23.9. The van der Waals surface area contributed by atoms with Crippen molar-refractivity contribution in [2.24, 2.45) is 0 Å². The zero-order valence-corrected chi connectivity index (χ0v) is 38.7. The standard InChI is InChI=1S/C53H77O4P/c1-10-12-14-16-18-20-22-24-42-26-32-46(33-27-42)55-58(56-47-34-28-43(29-35-47)25-23-21-19-17-15-13-11-2)57-51-37-31-45(40-49(51)53(7,8)9)41(3)38-44-30-36-50(54)48(39-44)52(4,5)6/h26-37,39-41,54H,10-25,38H2,1-9H3. The van der Waals surface area contributed by atoms with E-state index in [9.17, 15) is 5.11 Å². The first-order chi connectivity index (χ1) is 27.8. The van der Waals surface area contributed by atoms with Gasteiger partial charge in [0.1, 0.15) is 23.0 Å². The van der Waals surface area contributed by atoms with Crippen LogP contribution < -0.4 is 13.6 Å². The number of unbranched alkanes of at least 4 members (excludes halogenated alkanes) is 12. The van der Waals surface area contributed by atoms with E-state index in [1.54, 1.807) is 0 Å². The highest BCUT2D eigenvalue weighted by atomic mass is 31.2. The maximum atomic E-state index is 10.6. The molecule has 4 rings (SSSR count). The molecule has 58 heavy (non-hydrogen) atoms. The number of aromatic hydroxyl groups is 1. The molecular formula is C53H77O4P. The van der Waals surface area contributed by atoms with Crippen molar-refractivity contribution in [3.05, 3.63) is 118 Å². The quantitative estimate of drug-likeness (QED) is 0.0535. The molecule has 0 radical (unpaired) electrons. The van der Waals surface area contributed by atoms with Crippen molar-refractivity contribution in [3.63, 3.8) is 0 Å². The average Bonchev–Trinajstić information content (AvgIpc) is 3.18. The minimum atomic E-state index is -1.82. The van der Waals surface area contributed by atoms with Crippen LogP contribution in [0.15, 0.2) is 84.9 Å². The zero-order chi connectivity index (χ0) is 42.0. The molecule has 1 atom stereocenters. The molecule has 1 N–H and O–H groups in total. The largest absolute Gasteiger partial charge is 0.530 e. The van der Waals surface area contributed by atoms with Gasteiger partial charge in [0.05, 0.1) is 0 Å². The Morgan fingerprint density at radius 1 is 0.500 bits per heavy atom. The Morgan fingerprint density at radius 3 is 1.41 bits per heavy atom. The number of phenols is 1. The minimum absolute atomic E-state index is 0.130. The topological polar surface area (TPSA) is 47.9 Å². The van der Waals surface area contributed by atoms with Crippen molar-refractivity contribution < 1.29 is 18.7 Å². The van der Waals surface area contributed by atoms with Crippen molar-refractivity contribution >= 4 is 8.60 Å². The van der Waals surface area contributed by atoms with E-state index >= 15 is 0 Å². The molecule has 4 aromatic rings. The monoisotopic (exact) mass is 809 g/mol. The number of hydrogen-bond donors (Lipinski definition) is 1. The van der Waals surface area contributed by atoms with Gasteiger partial charge in [-0.2, -0.15) is 0 Å². The van der Waals surface area contributed by atoms with Crippen LogP contribution in [0.1, 0.15) is 192 Å². The van der Waals surface area contributed by atoms with Crippen LogP contribution in [0, 0.1) is 0 Å². The Labute approximate surface area is 355 Å². The summed E-state index contributed by atoms with van der Waals surface area (Å²) in [6, 6.07) is 29.7. The molecule has 0 aromatic heterocycles. The number of aryl methyl sites for hydroxylation is 2. The van der Waals surface area contributed by atoms with E-state index in [4.69, 9.17) is 13.6 Å². The summed E-state index contributed by atoms with van der Waals surface area (Å²) >= 11 is 0. The fraction of sp³-hybridized carbons (Fsp3) is 0.547. The number of rotatable bonds is 25. The highest BCUT2D eigenvalue weighted by Gasteiger charge is 2.27. The summed E-state index contributed by atoms with van der Waals surface area (Å²) in [6.07, 6.45) is 21.4. The molecule has 0 amide bonds. The van der Waals surface area contributed by atoms with Crippen LogP contribution in [-0.2, 0) is 30.1 Å². The third kappa shape index (κ3) is 16.3. The maximum absolute atomic E-state index is 10.6. The molecular weight excluding hydrogens is 732 g/mol. The van der Waals surface area contributed by atoms with Gasteiger partial charge in [-0.25, -0.2) is 0 Å². The van der Waals surface area contributed by atoms with Gasteiger partial charge in [-0.3, -0.25) is 0 Å². The Bertz CT molecular complexity index is 1690. The molecule has 0 fully saturated rings. The van der Waals surface area contributed by atoms with Gasteiger partial charge in [0.15, 0.2) is 0 Å². The molecule has 0 aliphatic rings. The maximum Gasteiger partial charge on any atom is 0.530 e. The normalized spacial score (nSPS) is 12.5. The molecule has 0 aliphatic carbocycles. The van der Waals surface area contributed by atoms with Crippen LogP contribution in [-0.4, -0.2) is 5.11 Å². The predicted octanol–water partition coefficient (Wildman–Crippen LogP) is 16.7. The molecule has 1 unspecified atom stereocenters. The van der Waals surface area contributed by atoms with Crippen LogP contribution in [0.5, 0.6) is 23.0 Å². The van der Waals surface area contributed by atoms with E-state index < -0.39 is 8.60 Å². The molecule has 5 heteroatoms. The third-order valence-electron chi connectivity index (χ3n) is 11.3. The summed E-state index contributed by atoms with van der Waals surface area (Å²) in [5, 5.41) is 10.6. The van der Waals surface area contributed by atoms with Gasteiger partial charge < -0.3 is 18.7 Å². The lowest BCUT2D eigenvalue weighted by atomic mass is 9.82. The van der Waals surface area contributed by atoms with Crippen molar-refractivity contribution in [2.75, 3.05) is 0 Å². The van der Waals surface area contributed by atoms with Crippen LogP contribution in [0.3, 0.4) is 0 Å². The van der Waals surface area contributed by atoms with E-state index in [0.717, 1.165) is 47.6 Å². The van der Waals surface area contributed by atoms with Gasteiger partial charge in [0, 0.05) is 5.56 Å². The lowest BCUT2D eigenvalue weighted by Gasteiger charge is -2.27. The Morgan fingerprint density at radius 2 is 0.948 bits per heavy atom. The van der Waals surface area contributed by atoms with Gasteiger partial charge in [-0.05, 0) is 113 Å². The van der Waals surface area contributed by atoms with Crippen molar-refractivity contribution in [2.45, 2.75) is 188 Å². The second-order valence-corrected chi connectivity index (χ2v) is 19.7. The molecule has 0 saturated carbocycles. The predicted molar refractivity (Wildman–Crippen MR) is 249 cm³/mol. The first kappa shape index (κ1) is 47.2. The van der Waals surface area contributed by atoms with E-state index in [1.807, 2.05) is 6.07 Å². The summed E-state index contributed by atoms with van der Waals surface area (Å²) in [4.78, 5) is 0. The first-order valence-corrected chi connectivity index (χ1v) is 23.8. The van der Waals surface area contributed by atoms with Gasteiger partial charge in [-0.15, -0.1) is 0 Å². The summed E-state index contributed by atoms with van der Waals surface area (Å²) in [6.45, 7) is 20.0. The van der Waals surface area contributed by atoms with Gasteiger partial charge in [0.2, 0.25) is 0 Å². The molecule has 0 spiro atoms. The smallest absolute Gasteiger partial charge is 0.508 e. The third-order valence-corrected chi connectivity index (χ3v) is 12.4. The fourth-order valence-corrected chi connectivity index (χ4v) is 8.64. The summed E-state index contributed by atoms with van der Waals surface area (Å²) < 4.78 is 20.0. The summed E-state index contributed by atoms with van der Waals surface area (Å²) in [5.41, 5.74) is 6.94. The SMILES string of the molecule is CCCCCCCCCc1ccc(OP(Oc2ccc(CCCCCCCCC)cc2)Oc2ccc(C(C)Cc3ccc(O)c(C(C)(C)C)c3)cc2C(C)(C)C)cc1.